The van der Waals surface area contributed by atoms with E-state index in [2.05, 4.69) is 0 Å². The molecule has 0 aliphatic rings. The van der Waals surface area contributed by atoms with Crippen molar-refractivity contribution in [3.05, 3.63) is 35.9 Å². The van der Waals surface area contributed by atoms with E-state index in [0.717, 1.165) is 5.56 Å². The molecule has 0 aromatic heterocycles. The zero-order valence-corrected chi connectivity index (χ0v) is 9.49. The number of benzene rings is 1. The predicted molar refractivity (Wildman–Crippen MR) is 57.9 cm³/mol. The van der Waals surface area contributed by atoms with E-state index in [4.69, 9.17) is 0 Å². The third-order valence-electron chi connectivity index (χ3n) is 2.78. The second-order valence-corrected chi connectivity index (χ2v) is 4.95. The fourth-order valence-corrected chi connectivity index (χ4v) is 1.18. The minimum atomic E-state index is -0.157. The van der Waals surface area contributed by atoms with Crippen LogP contribution in [-0.4, -0.2) is 22.4 Å². The number of nitrogens with zero attached hydrogens (tertiary/aromatic N) is 1. The smallest absolute Gasteiger partial charge is 0.134 e. The van der Waals surface area contributed by atoms with Crippen molar-refractivity contribution >= 4 is 0 Å². The molecule has 0 fully saturated rings. The third-order valence-corrected chi connectivity index (χ3v) is 2.78. The Morgan fingerprint density at radius 2 is 1.64 bits per heavy atom. The van der Waals surface area contributed by atoms with Gasteiger partial charge in [0.15, 0.2) is 0 Å². The van der Waals surface area contributed by atoms with E-state index in [0.29, 0.717) is 6.54 Å². The predicted octanol–water partition coefficient (Wildman–Crippen LogP) is 2.82. The van der Waals surface area contributed by atoms with Gasteiger partial charge in [0.25, 0.3) is 0 Å². The van der Waals surface area contributed by atoms with Gasteiger partial charge >= 0.3 is 0 Å². The molecule has 1 unspecified atom stereocenters. The van der Waals surface area contributed by atoms with Gasteiger partial charge in [-0.3, -0.25) is 0 Å². The van der Waals surface area contributed by atoms with Crippen molar-refractivity contribution in [1.82, 2.24) is 0 Å². The highest BCUT2D eigenvalue weighted by atomic mass is 16.5. The van der Waals surface area contributed by atoms with Crippen LogP contribution in [0.5, 0.6) is 0 Å². The molecule has 14 heavy (non-hydrogen) atoms. The lowest BCUT2D eigenvalue weighted by atomic mass is 10.0. The quantitative estimate of drug-likeness (QED) is 0.567. The average Bonchev–Trinajstić information content (AvgIpc) is 2.03. The molecule has 0 aliphatic heterocycles. The van der Waals surface area contributed by atoms with E-state index in [1.807, 2.05) is 58.2 Å². The van der Waals surface area contributed by atoms with Crippen molar-refractivity contribution in [3.8, 4) is 0 Å². The first-order chi connectivity index (χ1) is 6.33. The van der Waals surface area contributed by atoms with E-state index in [1.54, 1.807) is 0 Å². The Morgan fingerprint density at radius 3 is 2.07 bits per heavy atom. The van der Waals surface area contributed by atoms with Crippen molar-refractivity contribution in [2.45, 2.75) is 32.9 Å². The Kier molecular flexibility index (Phi) is 2.98. The van der Waals surface area contributed by atoms with Gasteiger partial charge in [-0.25, -0.2) is 5.21 Å². The minimum Gasteiger partial charge on any atom is -0.217 e. The summed E-state index contributed by atoms with van der Waals surface area (Å²) >= 11 is 0. The standard InChI is InChI=1S/C12H20NO/c1-12(2,3)13(4,14)10-11-8-6-5-7-9-11/h5-9,14H,10H2,1-4H3/q+1. The van der Waals surface area contributed by atoms with E-state index in [-0.39, 0.29) is 10.2 Å². The summed E-state index contributed by atoms with van der Waals surface area (Å²) in [6, 6.07) is 10.1. The van der Waals surface area contributed by atoms with Crippen molar-refractivity contribution < 1.29 is 9.85 Å². The number of hydroxylamine groups is 3. The summed E-state index contributed by atoms with van der Waals surface area (Å²) in [7, 11) is 1.84. The van der Waals surface area contributed by atoms with Crippen LogP contribution < -0.4 is 0 Å². The highest BCUT2D eigenvalue weighted by Gasteiger charge is 2.35. The van der Waals surface area contributed by atoms with E-state index in [1.165, 1.54) is 0 Å². The SMILES string of the molecule is CC(C)(C)[N+](C)(O)Cc1ccccc1. The molecule has 0 bridgehead atoms. The molecule has 0 amide bonds. The Labute approximate surface area is 86.3 Å². The summed E-state index contributed by atoms with van der Waals surface area (Å²) in [5, 5.41) is 10.2. The maximum absolute atomic E-state index is 10.2. The minimum absolute atomic E-state index is 0.0109. The molecule has 1 atom stereocenters. The van der Waals surface area contributed by atoms with Crippen molar-refractivity contribution in [3.63, 3.8) is 0 Å². The molecule has 0 saturated carbocycles. The summed E-state index contributed by atoms with van der Waals surface area (Å²) in [4.78, 5) is 0. The van der Waals surface area contributed by atoms with E-state index >= 15 is 0 Å². The average molecular weight is 194 g/mol. The molecule has 0 spiro atoms. The molecule has 0 aliphatic carbocycles. The molecule has 1 N–H and O–H groups in total. The summed E-state index contributed by atoms with van der Waals surface area (Å²) < 4.78 is 0.0109. The van der Waals surface area contributed by atoms with Crippen LogP contribution >= 0.6 is 0 Å². The molecule has 0 radical (unpaired) electrons. The largest absolute Gasteiger partial charge is 0.217 e. The van der Waals surface area contributed by atoms with Gasteiger partial charge < -0.3 is 0 Å². The molecule has 1 rings (SSSR count). The van der Waals surface area contributed by atoms with Crippen molar-refractivity contribution in [2.75, 3.05) is 7.05 Å². The monoisotopic (exact) mass is 194 g/mol. The number of hydrogen-bond donors (Lipinski definition) is 1. The Bertz CT molecular complexity index is 285. The lowest BCUT2D eigenvalue weighted by Crippen LogP contribution is -2.53. The van der Waals surface area contributed by atoms with Gasteiger partial charge in [0.1, 0.15) is 12.1 Å². The van der Waals surface area contributed by atoms with Crippen LogP contribution in [0.15, 0.2) is 30.3 Å². The summed E-state index contributed by atoms with van der Waals surface area (Å²) in [6.07, 6.45) is 0. The number of rotatable bonds is 2. The lowest BCUT2D eigenvalue weighted by Gasteiger charge is -2.38. The van der Waals surface area contributed by atoms with Crippen LogP contribution in [0.3, 0.4) is 0 Å². The van der Waals surface area contributed by atoms with Crippen LogP contribution in [-0.2, 0) is 6.54 Å². The summed E-state index contributed by atoms with van der Waals surface area (Å²) in [5.74, 6) is 0. The van der Waals surface area contributed by atoms with Gasteiger partial charge in [0.2, 0.25) is 0 Å². The molecular formula is C12H20NO+. The Balaban J connectivity index is 2.79. The van der Waals surface area contributed by atoms with Gasteiger partial charge in [-0.2, -0.15) is 4.65 Å². The lowest BCUT2D eigenvalue weighted by molar-refractivity contribution is -1.13. The van der Waals surface area contributed by atoms with Gasteiger partial charge in [0, 0.05) is 5.56 Å². The second kappa shape index (κ2) is 3.71. The molecule has 0 heterocycles. The first kappa shape index (κ1) is 11.2. The van der Waals surface area contributed by atoms with Crippen LogP contribution in [0, 0.1) is 0 Å². The van der Waals surface area contributed by atoms with Crippen LogP contribution in [0.4, 0.5) is 0 Å². The zero-order valence-electron chi connectivity index (χ0n) is 9.49. The number of quaternary nitrogens is 1. The van der Waals surface area contributed by atoms with Crippen LogP contribution in [0.1, 0.15) is 26.3 Å². The Morgan fingerprint density at radius 1 is 1.14 bits per heavy atom. The van der Waals surface area contributed by atoms with Gasteiger partial charge in [0.05, 0.1) is 7.05 Å². The zero-order chi connectivity index (χ0) is 10.8. The van der Waals surface area contributed by atoms with Crippen molar-refractivity contribution in [2.24, 2.45) is 0 Å². The highest BCUT2D eigenvalue weighted by Crippen LogP contribution is 2.22. The number of hydrogen-bond acceptors (Lipinski definition) is 1. The fourth-order valence-electron chi connectivity index (χ4n) is 1.18. The van der Waals surface area contributed by atoms with E-state index < -0.39 is 0 Å². The summed E-state index contributed by atoms with van der Waals surface area (Å²) in [5.41, 5.74) is 1.00. The molecule has 78 valence electrons. The first-order valence-electron chi connectivity index (χ1n) is 4.95. The maximum atomic E-state index is 10.2. The highest BCUT2D eigenvalue weighted by molar-refractivity contribution is 5.13. The third kappa shape index (κ3) is 2.56. The van der Waals surface area contributed by atoms with Crippen molar-refractivity contribution in [1.29, 1.82) is 0 Å². The normalized spacial score (nSPS) is 16.4. The first-order valence-corrected chi connectivity index (χ1v) is 4.95. The molecule has 2 heteroatoms. The maximum Gasteiger partial charge on any atom is 0.134 e. The Hall–Kier alpha value is -0.860. The molecular weight excluding hydrogens is 174 g/mol. The summed E-state index contributed by atoms with van der Waals surface area (Å²) in [6.45, 7) is 6.76. The molecule has 1 aromatic carbocycles. The fraction of sp³-hybridized carbons (Fsp3) is 0.500. The molecule has 1 aromatic rings. The van der Waals surface area contributed by atoms with Crippen LogP contribution in [0.25, 0.3) is 0 Å². The second-order valence-electron chi connectivity index (χ2n) is 4.95. The van der Waals surface area contributed by atoms with Gasteiger partial charge in [-0.05, 0) is 20.8 Å². The van der Waals surface area contributed by atoms with E-state index in [9.17, 15) is 5.21 Å². The topological polar surface area (TPSA) is 20.2 Å². The van der Waals surface area contributed by atoms with Gasteiger partial charge in [-0.1, -0.05) is 30.3 Å². The molecule has 2 nitrogen and oxygen atoms in total. The molecule has 0 saturated heterocycles. The van der Waals surface area contributed by atoms with Gasteiger partial charge in [-0.15, -0.1) is 0 Å². The van der Waals surface area contributed by atoms with Crippen LogP contribution in [0.2, 0.25) is 0 Å².